The Bertz CT molecular complexity index is 541. The van der Waals surface area contributed by atoms with Crippen LogP contribution in [-0.4, -0.2) is 14.8 Å². The fourth-order valence-corrected chi connectivity index (χ4v) is 3.32. The summed E-state index contributed by atoms with van der Waals surface area (Å²) in [7, 11) is 0. The highest BCUT2D eigenvalue weighted by atomic mass is 32.1. The standard InChI is InChI=1S/C12H16N4S/c1-8-7-9(13)17-11(8)12-15-14-10-5-3-2-4-6-16(10)12/h7H,2-6,13H2,1H3. The van der Waals surface area contributed by atoms with Crippen LogP contribution in [0.4, 0.5) is 5.00 Å². The third kappa shape index (κ3) is 1.84. The Morgan fingerprint density at radius 1 is 1.29 bits per heavy atom. The maximum absolute atomic E-state index is 5.85. The Morgan fingerprint density at radius 2 is 2.18 bits per heavy atom. The Balaban J connectivity index is 2.09. The summed E-state index contributed by atoms with van der Waals surface area (Å²) in [5.74, 6) is 2.13. The van der Waals surface area contributed by atoms with Crippen LogP contribution in [0.15, 0.2) is 6.07 Å². The highest BCUT2D eigenvalue weighted by molar-refractivity contribution is 7.19. The van der Waals surface area contributed by atoms with Crippen LogP contribution in [0.2, 0.25) is 0 Å². The predicted octanol–water partition coefficient (Wildman–Crippen LogP) is 2.62. The van der Waals surface area contributed by atoms with Gasteiger partial charge in [0.25, 0.3) is 0 Å². The zero-order valence-electron chi connectivity index (χ0n) is 9.94. The van der Waals surface area contributed by atoms with E-state index in [1.165, 1.54) is 29.7 Å². The summed E-state index contributed by atoms with van der Waals surface area (Å²) in [6.45, 7) is 3.12. The van der Waals surface area contributed by atoms with Crippen molar-refractivity contribution in [2.24, 2.45) is 0 Å². The van der Waals surface area contributed by atoms with Crippen LogP contribution in [0.5, 0.6) is 0 Å². The fraction of sp³-hybridized carbons (Fsp3) is 0.500. The van der Waals surface area contributed by atoms with Crippen molar-refractivity contribution >= 4 is 16.3 Å². The van der Waals surface area contributed by atoms with Gasteiger partial charge in [-0.25, -0.2) is 0 Å². The lowest BCUT2D eigenvalue weighted by Crippen LogP contribution is -2.02. The van der Waals surface area contributed by atoms with Gasteiger partial charge in [-0.15, -0.1) is 21.5 Å². The molecule has 0 unspecified atom stereocenters. The summed E-state index contributed by atoms with van der Waals surface area (Å²) >= 11 is 1.61. The molecule has 3 rings (SSSR count). The number of hydrogen-bond donors (Lipinski definition) is 1. The van der Waals surface area contributed by atoms with E-state index >= 15 is 0 Å². The average molecular weight is 248 g/mol. The van der Waals surface area contributed by atoms with Crippen LogP contribution in [-0.2, 0) is 13.0 Å². The number of hydrogen-bond acceptors (Lipinski definition) is 4. The second kappa shape index (κ2) is 4.14. The number of aryl methyl sites for hydroxylation is 2. The topological polar surface area (TPSA) is 56.7 Å². The van der Waals surface area contributed by atoms with Gasteiger partial charge < -0.3 is 10.3 Å². The molecule has 0 fully saturated rings. The SMILES string of the molecule is Cc1cc(N)sc1-c1nnc2n1CCCCC2. The molecule has 4 nitrogen and oxygen atoms in total. The van der Waals surface area contributed by atoms with Gasteiger partial charge >= 0.3 is 0 Å². The predicted molar refractivity (Wildman–Crippen MR) is 70.0 cm³/mol. The van der Waals surface area contributed by atoms with E-state index in [1.54, 1.807) is 11.3 Å². The molecule has 2 aromatic heterocycles. The van der Waals surface area contributed by atoms with Gasteiger partial charge in [0, 0.05) is 13.0 Å². The van der Waals surface area contributed by atoms with Crippen molar-refractivity contribution in [1.29, 1.82) is 0 Å². The molecule has 0 spiro atoms. The van der Waals surface area contributed by atoms with Crippen LogP contribution >= 0.6 is 11.3 Å². The highest BCUT2D eigenvalue weighted by Gasteiger charge is 2.18. The monoisotopic (exact) mass is 248 g/mol. The van der Waals surface area contributed by atoms with Gasteiger partial charge in [-0.05, 0) is 31.4 Å². The quantitative estimate of drug-likeness (QED) is 0.844. The molecule has 0 radical (unpaired) electrons. The van der Waals surface area contributed by atoms with Gasteiger partial charge in [-0.3, -0.25) is 0 Å². The number of anilines is 1. The first-order valence-electron chi connectivity index (χ1n) is 6.04. The Kier molecular flexibility index (Phi) is 2.63. The van der Waals surface area contributed by atoms with E-state index in [2.05, 4.69) is 21.7 Å². The number of fused-ring (bicyclic) bond motifs is 1. The van der Waals surface area contributed by atoms with Gasteiger partial charge in [-0.1, -0.05) is 6.42 Å². The molecule has 5 heteroatoms. The van der Waals surface area contributed by atoms with Crippen molar-refractivity contribution in [2.75, 3.05) is 5.73 Å². The lowest BCUT2D eigenvalue weighted by molar-refractivity contribution is 0.637. The summed E-state index contributed by atoms with van der Waals surface area (Å²) < 4.78 is 2.27. The molecule has 2 N–H and O–H groups in total. The summed E-state index contributed by atoms with van der Waals surface area (Å²) in [5.41, 5.74) is 7.05. The van der Waals surface area contributed by atoms with E-state index in [0.717, 1.165) is 29.6 Å². The third-order valence-electron chi connectivity index (χ3n) is 3.25. The van der Waals surface area contributed by atoms with Crippen molar-refractivity contribution < 1.29 is 0 Å². The lowest BCUT2D eigenvalue weighted by atomic mass is 10.2. The molecule has 0 atom stereocenters. The molecule has 17 heavy (non-hydrogen) atoms. The maximum Gasteiger partial charge on any atom is 0.174 e. The maximum atomic E-state index is 5.85. The number of nitrogen functional groups attached to an aromatic ring is 1. The molecular formula is C12H16N4S. The summed E-state index contributed by atoms with van der Waals surface area (Å²) in [5, 5.41) is 9.52. The number of rotatable bonds is 1. The van der Waals surface area contributed by atoms with Crippen molar-refractivity contribution in [2.45, 2.75) is 39.2 Å². The molecule has 90 valence electrons. The van der Waals surface area contributed by atoms with E-state index in [-0.39, 0.29) is 0 Å². The second-order valence-electron chi connectivity index (χ2n) is 4.56. The molecule has 2 aromatic rings. The minimum absolute atomic E-state index is 0.850. The normalized spacial score (nSPS) is 15.6. The minimum Gasteiger partial charge on any atom is -0.391 e. The first-order chi connectivity index (χ1) is 8.25. The minimum atomic E-state index is 0.850. The van der Waals surface area contributed by atoms with Crippen molar-refractivity contribution in [1.82, 2.24) is 14.8 Å². The van der Waals surface area contributed by atoms with E-state index in [0.29, 0.717) is 0 Å². The highest BCUT2D eigenvalue weighted by Crippen LogP contribution is 2.33. The number of aromatic nitrogens is 3. The second-order valence-corrected chi connectivity index (χ2v) is 5.65. The van der Waals surface area contributed by atoms with E-state index in [9.17, 15) is 0 Å². The molecule has 0 amide bonds. The first kappa shape index (κ1) is 10.8. The summed E-state index contributed by atoms with van der Waals surface area (Å²) in [6, 6.07) is 2.01. The van der Waals surface area contributed by atoms with E-state index in [1.807, 2.05) is 6.07 Å². The smallest absolute Gasteiger partial charge is 0.174 e. The number of nitrogens with zero attached hydrogens (tertiary/aromatic N) is 3. The largest absolute Gasteiger partial charge is 0.391 e. The fourth-order valence-electron chi connectivity index (χ4n) is 2.38. The van der Waals surface area contributed by atoms with Gasteiger partial charge in [0.2, 0.25) is 0 Å². The third-order valence-corrected chi connectivity index (χ3v) is 4.31. The zero-order valence-corrected chi connectivity index (χ0v) is 10.8. The van der Waals surface area contributed by atoms with Crippen LogP contribution in [0.25, 0.3) is 10.7 Å². The van der Waals surface area contributed by atoms with Gasteiger partial charge in [0.05, 0.1) is 9.88 Å². The molecule has 1 aliphatic rings. The van der Waals surface area contributed by atoms with Crippen molar-refractivity contribution in [3.8, 4) is 10.7 Å². The molecule has 0 aromatic carbocycles. The Morgan fingerprint density at radius 3 is 2.94 bits per heavy atom. The molecular weight excluding hydrogens is 232 g/mol. The van der Waals surface area contributed by atoms with Crippen molar-refractivity contribution in [3.63, 3.8) is 0 Å². The molecule has 0 aliphatic carbocycles. The Hall–Kier alpha value is -1.36. The van der Waals surface area contributed by atoms with Gasteiger partial charge in [-0.2, -0.15) is 0 Å². The summed E-state index contributed by atoms with van der Waals surface area (Å²) in [6.07, 6.45) is 4.78. The summed E-state index contributed by atoms with van der Waals surface area (Å²) in [4.78, 5) is 1.17. The van der Waals surface area contributed by atoms with Crippen LogP contribution in [0, 0.1) is 6.92 Å². The molecule has 3 heterocycles. The van der Waals surface area contributed by atoms with Crippen molar-refractivity contribution in [3.05, 3.63) is 17.5 Å². The first-order valence-corrected chi connectivity index (χ1v) is 6.85. The van der Waals surface area contributed by atoms with Crippen LogP contribution in [0.1, 0.15) is 30.7 Å². The van der Waals surface area contributed by atoms with Gasteiger partial charge in [0.1, 0.15) is 5.82 Å². The van der Waals surface area contributed by atoms with Crippen LogP contribution < -0.4 is 5.73 Å². The zero-order chi connectivity index (χ0) is 11.8. The molecule has 1 aliphatic heterocycles. The number of thiophene rings is 1. The van der Waals surface area contributed by atoms with E-state index < -0.39 is 0 Å². The number of nitrogens with two attached hydrogens (primary N) is 1. The average Bonchev–Trinajstić information content (AvgIpc) is 2.74. The molecule has 0 saturated carbocycles. The van der Waals surface area contributed by atoms with Crippen LogP contribution in [0.3, 0.4) is 0 Å². The Labute approximate surface area is 104 Å². The van der Waals surface area contributed by atoms with E-state index in [4.69, 9.17) is 5.73 Å². The molecule has 0 saturated heterocycles. The lowest BCUT2D eigenvalue weighted by Gasteiger charge is -2.05. The molecule has 0 bridgehead atoms. The van der Waals surface area contributed by atoms with Gasteiger partial charge in [0.15, 0.2) is 5.82 Å².